The largest absolute Gasteiger partial charge is 0.383 e. The first kappa shape index (κ1) is 25.2. The molecule has 1 fully saturated rings. The number of carbonyl (C=O) groups excluding carboxylic acids is 1. The van der Waals surface area contributed by atoms with Crippen LogP contribution in [0.5, 0.6) is 0 Å². The Morgan fingerprint density at radius 1 is 1.03 bits per heavy atom. The molecule has 0 atom stereocenters. The molecule has 37 heavy (non-hydrogen) atoms. The molecule has 2 aliphatic rings. The third-order valence-electron chi connectivity index (χ3n) is 7.38. The quantitative estimate of drug-likeness (QED) is 0.473. The van der Waals surface area contributed by atoms with E-state index in [-0.39, 0.29) is 11.7 Å². The Kier molecular flexibility index (Phi) is 7.39. The second-order valence-corrected chi connectivity index (χ2v) is 9.54. The number of rotatable bonds is 7. The fraction of sp³-hybridized carbons (Fsp3) is 0.379. The van der Waals surface area contributed by atoms with Crippen LogP contribution in [0.3, 0.4) is 0 Å². The SMILES string of the molecule is CCN(CC)Cc1cc(-c2cc(-c3ccc4c(c3)CCNC4=O)c(N)nc2F)ccc1N1CCOCC1. The first-order valence-electron chi connectivity index (χ1n) is 13.0. The molecule has 7 nitrogen and oxygen atoms in total. The maximum absolute atomic E-state index is 15.3. The third kappa shape index (κ3) is 5.17. The number of pyridine rings is 1. The number of halogens is 1. The first-order chi connectivity index (χ1) is 18.0. The van der Waals surface area contributed by atoms with E-state index in [4.69, 9.17) is 10.5 Å². The number of carbonyl (C=O) groups is 1. The van der Waals surface area contributed by atoms with Crippen molar-refractivity contribution < 1.29 is 13.9 Å². The van der Waals surface area contributed by atoms with Crippen molar-refractivity contribution in [2.24, 2.45) is 0 Å². The number of nitrogen functional groups attached to an aromatic ring is 1. The Bertz CT molecular complexity index is 1300. The van der Waals surface area contributed by atoms with Gasteiger partial charge < -0.3 is 20.7 Å². The van der Waals surface area contributed by atoms with E-state index in [9.17, 15) is 4.79 Å². The second-order valence-electron chi connectivity index (χ2n) is 9.54. The summed E-state index contributed by atoms with van der Waals surface area (Å²) >= 11 is 0. The van der Waals surface area contributed by atoms with Crippen LogP contribution in [0.1, 0.15) is 35.3 Å². The molecule has 1 saturated heterocycles. The fourth-order valence-corrected chi connectivity index (χ4v) is 5.21. The predicted octanol–water partition coefficient (Wildman–Crippen LogP) is 4.10. The molecule has 0 aliphatic carbocycles. The van der Waals surface area contributed by atoms with Crippen LogP contribution in [0.25, 0.3) is 22.3 Å². The van der Waals surface area contributed by atoms with Crippen molar-refractivity contribution in [2.75, 3.05) is 56.6 Å². The highest BCUT2D eigenvalue weighted by Crippen LogP contribution is 2.35. The molecule has 1 amide bonds. The molecule has 0 saturated carbocycles. The van der Waals surface area contributed by atoms with Gasteiger partial charge in [0.2, 0.25) is 5.95 Å². The summed E-state index contributed by atoms with van der Waals surface area (Å²) in [5.41, 5.74) is 12.8. The van der Waals surface area contributed by atoms with E-state index >= 15 is 4.39 Å². The van der Waals surface area contributed by atoms with E-state index in [1.165, 1.54) is 0 Å². The summed E-state index contributed by atoms with van der Waals surface area (Å²) in [6.07, 6.45) is 0.744. The lowest BCUT2D eigenvalue weighted by Gasteiger charge is -2.32. The topological polar surface area (TPSA) is 83.7 Å². The van der Waals surface area contributed by atoms with Gasteiger partial charge in [0, 0.05) is 48.6 Å². The number of fused-ring (bicyclic) bond motifs is 1. The molecule has 3 N–H and O–H groups in total. The molecule has 8 heteroatoms. The van der Waals surface area contributed by atoms with E-state index in [0.717, 1.165) is 67.1 Å². The first-order valence-corrected chi connectivity index (χ1v) is 13.0. The number of amides is 1. The van der Waals surface area contributed by atoms with Gasteiger partial charge in [0.1, 0.15) is 5.82 Å². The molecule has 194 valence electrons. The number of nitrogens with two attached hydrogens (primary N) is 1. The van der Waals surface area contributed by atoms with Gasteiger partial charge in [0.15, 0.2) is 0 Å². The highest BCUT2D eigenvalue weighted by atomic mass is 19.1. The monoisotopic (exact) mass is 503 g/mol. The number of aromatic nitrogens is 1. The summed E-state index contributed by atoms with van der Waals surface area (Å²) < 4.78 is 20.8. The van der Waals surface area contributed by atoms with Gasteiger partial charge in [-0.3, -0.25) is 9.69 Å². The van der Waals surface area contributed by atoms with Crippen molar-refractivity contribution in [1.29, 1.82) is 0 Å². The number of nitrogens with one attached hydrogen (secondary N) is 1. The summed E-state index contributed by atoms with van der Waals surface area (Å²) in [5, 5.41) is 2.86. The van der Waals surface area contributed by atoms with Gasteiger partial charge in [-0.2, -0.15) is 4.39 Å². The van der Waals surface area contributed by atoms with Crippen molar-refractivity contribution in [2.45, 2.75) is 26.8 Å². The zero-order valence-electron chi connectivity index (χ0n) is 21.5. The summed E-state index contributed by atoms with van der Waals surface area (Å²) in [7, 11) is 0. The summed E-state index contributed by atoms with van der Waals surface area (Å²) in [6, 6.07) is 13.6. The average Bonchev–Trinajstić information content (AvgIpc) is 2.92. The van der Waals surface area contributed by atoms with E-state index in [1.54, 1.807) is 12.1 Å². The van der Waals surface area contributed by atoms with Gasteiger partial charge >= 0.3 is 0 Å². The fourth-order valence-electron chi connectivity index (χ4n) is 5.21. The van der Waals surface area contributed by atoms with Crippen LogP contribution >= 0.6 is 0 Å². The zero-order valence-corrected chi connectivity index (χ0v) is 21.5. The van der Waals surface area contributed by atoms with Gasteiger partial charge in [0.25, 0.3) is 5.91 Å². The lowest BCUT2D eigenvalue weighted by Crippen LogP contribution is -2.37. The van der Waals surface area contributed by atoms with E-state index in [2.05, 4.69) is 46.1 Å². The number of hydrogen-bond acceptors (Lipinski definition) is 6. The molecule has 2 aliphatic heterocycles. The molecule has 0 radical (unpaired) electrons. The average molecular weight is 504 g/mol. The Labute approximate surface area is 217 Å². The number of benzene rings is 2. The molecule has 3 heterocycles. The lowest BCUT2D eigenvalue weighted by atomic mass is 9.93. The molecular formula is C29H34FN5O2. The van der Waals surface area contributed by atoms with Crippen molar-refractivity contribution >= 4 is 17.4 Å². The number of anilines is 2. The minimum Gasteiger partial charge on any atom is -0.383 e. The molecular weight excluding hydrogens is 469 g/mol. The Hall–Kier alpha value is -3.49. The highest BCUT2D eigenvalue weighted by molar-refractivity contribution is 5.97. The number of hydrogen-bond donors (Lipinski definition) is 2. The standard InChI is InChI=1S/C29H34FN5O2/c1-3-34(4-2)18-22-16-19(6-8-26(22)35-11-13-37-14-12-35)24-17-25(28(31)33-27(24)30)20-5-7-23-21(15-20)9-10-32-29(23)36/h5-8,15-17H,3-4,9-14,18H2,1-2H3,(H2,31,33)(H,32,36). The smallest absolute Gasteiger partial charge is 0.251 e. The normalized spacial score (nSPS) is 15.6. The summed E-state index contributed by atoms with van der Waals surface area (Å²) in [4.78, 5) is 21.0. The maximum Gasteiger partial charge on any atom is 0.251 e. The van der Waals surface area contributed by atoms with Crippen LogP contribution < -0.4 is 16.0 Å². The van der Waals surface area contributed by atoms with Crippen LogP contribution in [-0.4, -0.2) is 61.7 Å². The number of morpholine rings is 1. The molecule has 3 aromatic rings. The van der Waals surface area contributed by atoms with Gasteiger partial charge in [-0.15, -0.1) is 0 Å². The molecule has 5 rings (SSSR count). The molecule has 1 aromatic heterocycles. The highest BCUT2D eigenvalue weighted by Gasteiger charge is 2.21. The lowest BCUT2D eigenvalue weighted by molar-refractivity contribution is 0.0946. The van der Waals surface area contributed by atoms with Crippen LogP contribution in [-0.2, 0) is 17.7 Å². The zero-order chi connectivity index (χ0) is 25.9. The second kappa shape index (κ2) is 10.9. The minimum absolute atomic E-state index is 0.0696. The van der Waals surface area contributed by atoms with Crippen molar-refractivity contribution in [3.05, 3.63) is 65.1 Å². The number of ether oxygens (including phenoxy) is 1. The van der Waals surface area contributed by atoms with Crippen LogP contribution in [0.2, 0.25) is 0 Å². The molecule has 2 aromatic carbocycles. The third-order valence-corrected chi connectivity index (χ3v) is 7.38. The minimum atomic E-state index is -0.591. The van der Waals surface area contributed by atoms with E-state index in [0.29, 0.717) is 36.4 Å². The van der Waals surface area contributed by atoms with Gasteiger partial charge in [-0.05, 0) is 66.0 Å². The van der Waals surface area contributed by atoms with Gasteiger partial charge in [-0.1, -0.05) is 32.0 Å². The molecule has 0 bridgehead atoms. The van der Waals surface area contributed by atoms with Gasteiger partial charge in [-0.25, -0.2) is 4.98 Å². The predicted molar refractivity (Wildman–Crippen MR) is 145 cm³/mol. The Balaban J connectivity index is 1.56. The van der Waals surface area contributed by atoms with Gasteiger partial charge in [0.05, 0.1) is 13.2 Å². The summed E-state index contributed by atoms with van der Waals surface area (Å²) in [5.74, 6) is -0.527. The van der Waals surface area contributed by atoms with Crippen LogP contribution in [0.15, 0.2) is 42.5 Å². The van der Waals surface area contributed by atoms with Crippen LogP contribution in [0, 0.1) is 5.95 Å². The van der Waals surface area contributed by atoms with E-state index in [1.807, 2.05) is 18.2 Å². The molecule has 0 unspecified atom stereocenters. The maximum atomic E-state index is 15.3. The van der Waals surface area contributed by atoms with Crippen molar-refractivity contribution in [3.63, 3.8) is 0 Å². The summed E-state index contributed by atoms with van der Waals surface area (Å²) in [6.45, 7) is 10.6. The Morgan fingerprint density at radius 3 is 2.51 bits per heavy atom. The Morgan fingerprint density at radius 2 is 1.76 bits per heavy atom. The van der Waals surface area contributed by atoms with Crippen molar-refractivity contribution in [1.82, 2.24) is 15.2 Å². The number of nitrogens with zero attached hydrogens (tertiary/aromatic N) is 3. The van der Waals surface area contributed by atoms with E-state index < -0.39 is 5.95 Å². The van der Waals surface area contributed by atoms with Crippen LogP contribution in [0.4, 0.5) is 15.9 Å². The molecule has 0 spiro atoms. The van der Waals surface area contributed by atoms with Crippen molar-refractivity contribution in [3.8, 4) is 22.3 Å².